The minimum Gasteiger partial charge on any atom is -0.444 e. The molecule has 2 amide bonds. The maximum atomic E-state index is 13.2. The van der Waals surface area contributed by atoms with Crippen molar-refractivity contribution in [3.05, 3.63) is 108 Å². The molecule has 6 aliphatic carbocycles. The Morgan fingerprint density at radius 1 is 0.548 bits per heavy atom. The first-order chi connectivity index (χ1) is 39.9. The van der Waals surface area contributed by atoms with Crippen molar-refractivity contribution in [2.45, 2.75) is 225 Å². The van der Waals surface area contributed by atoms with Gasteiger partial charge in [0.15, 0.2) is 0 Å². The van der Waals surface area contributed by atoms with Crippen LogP contribution in [0, 0.1) is 16.2 Å². The molecule has 3 heterocycles. The number of rotatable bonds is 17. The second-order valence-corrected chi connectivity index (χ2v) is 29.4. The Hall–Kier alpha value is -4.41. The van der Waals surface area contributed by atoms with Crippen molar-refractivity contribution in [1.82, 2.24) is 30.2 Å². The Morgan fingerprint density at radius 2 is 0.929 bits per heavy atom. The molecule has 12 rings (SSSR count). The van der Waals surface area contributed by atoms with Gasteiger partial charge in [-0.15, -0.1) is 0 Å². The van der Waals surface area contributed by atoms with E-state index in [4.69, 9.17) is 23.7 Å². The first-order valence-corrected chi connectivity index (χ1v) is 32.4. The number of nitrogens with one attached hydrogen (secondary N) is 2. The fourth-order valence-corrected chi connectivity index (χ4v) is 13.3. The number of amides is 2. The maximum absolute atomic E-state index is 13.2. The number of carbonyl (C=O) groups is 3. The fraction of sp³-hybridized carbons (Fsp3) is 0.700. The van der Waals surface area contributed by atoms with Gasteiger partial charge in [0.2, 0.25) is 0 Å². The molecule has 9 fully saturated rings. The van der Waals surface area contributed by atoms with E-state index in [0.717, 1.165) is 90.2 Å². The predicted octanol–water partition coefficient (Wildman–Crippen LogP) is 11.8. The van der Waals surface area contributed by atoms with E-state index in [1.165, 1.54) is 61.9 Å². The van der Waals surface area contributed by atoms with Crippen LogP contribution in [0.5, 0.6) is 0 Å². The molecular weight excluding hydrogens is 1050 g/mol. The molecule has 14 heteroatoms. The lowest BCUT2D eigenvalue weighted by atomic mass is 10.0. The SMILES string of the molecule is CC(C)(C)OC(=O)N(CC1(C=O)CC1)C1C[C@@H]1c1ccccc1.C[C@@H]1CN(CC2(CN(C(=O)OC(C)(C)C)C3C[C@@H]3c3ccccc3)CC2)C[C@H](C)O1.C[C@@H]1CN(CC2(CNC3C[C@@H]3c3ccccc3)CC2)C[C@H](C)O1.C[C@@H]1CNC[C@H](C)O1. The quantitative estimate of drug-likeness (QED) is 0.125. The minimum absolute atomic E-state index is 0.143. The topological polar surface area (TPSA) is 134 Å². The first kappa shape index (κ1) is 64.1. The van der Waals surface area contributed by atoms with Gasteiger partial charge in [-0.2, -0.15) is 0 Å². The normalized spacial score (nSPS) is 31.3. The number of ether oxygens (including phenoxy) is 5. The largest absolute Gasteiger partial charge is 0.444 e. The zero-order chi connectivity index (χ0) is 60.0. The summed E-state index contributed by atoms with van der Waals surface area (Å²) in [4.78, 5) is 46.2. The number of hydrogen-bond acceptors (Lipinski definition) is 12. The van der Waals surface area contributed by atoms with Gasteiger partial charge >= 0.3 is 12.2 Å². The molecule has 0 radical (unpaired) electrons. The van der Waals surface area contributed by atoms with Gasteiger partial charge in [-0.05, 0) is 163 Å². The molecule has 0 aromatic heterocycles. The van der Waals surface area contributed by atoms with Gasteiger partial charge in [-0.25, -0.2) is 9.59 Å². The number of carbonyl (C=O) groups excluding carboxylic acids is 3. The van der Waals surface area contributed by atoms with Crippen LogP contribution in [0.15, 0.2) is 91.0 Å². The van der Waals surface area contributed by atoms with Crippen molar-refractivity contribution in [3.63, 3.8) is 0 Å². The van der Waals surface area contributed by atoms with Crippen molar-refractivity contribution in [1.29, 1.82) is 0 Å². The molecule has 3 saturated heterocycles. The third-order valence-electron chi connectivity index (χ3n) is 18.3. The second-order valence-electron chi connectivity index (χ2n) is 29.4. The van der Waals surface area contributed by atoms with Crippen molar-refractivity contribution < 1.29 is 38.1 Å². The Kier molecular flexibility index (Phi) is 20.8. The summed E-state index contributed by atoms with van der Waals surface area (Å²) in [5, 5.41) is 7.12. The smallest absolute Gasteiger partial charge is 0.410 e. The molecule has 84 heavy (non-hydrogen) atoms. The summed E-state index contributed by atoms with van der Waals surface area (Å²) in [5.41, 5.74) is 3.51. The molecule has 6 saturated carbocycles. The number of benzene rings is 3. The maximum Gasteiger partial charge on any atom is 0.410 e. The van der Waals surface area contributed by atoms with E-state index in [0.29, 0.717) is 54.3 Å². The van der Waals surface area contributed by atoms with Gasteiger partial charge in [0.1, 0.15) is 17.5 Å². The van der Waals surface area contributed by atoms with Crippen molar-refractivity contribution >= 4 is 18.5 Å². The molecule has 2 N–H and O–H groups in total. The van der Waals surface area contributed by atoms with Crippen LogP contribution in [0.1, 0.15) is 175 Å². The summed E-state index contributed by atoms with van der Waals surface area (Å²) < 4.78 is 28.6. The molecule has 0 bridgehead atoms. The van der Waals surface area contributed by atoms with Crippen LogP contribution in [0.2, 0.25) is 0 Å². The molecule has 12 atom stereocenters. The second kappa shape index (κ2) is 27.3. The molecule has 3 unspecified atom stereocenters. The van der Waals surface area contributed by atoms with Crippen molar-refractivity contribution in [2.24, 2.45) is 16.2 Å². The van der Waals surface area contributed by atoms with Crippen LogP contribution in [0.4, 0.5) is 9.59 Å². The van der Waals surface area contributed by atoms with Crippen LogP contribution in [-0.2, 0) is 28.5 Å². The van der Waals surface area contributed by atoms with Crippen molar-refractivity contribution in [2.75, 3.05) is 72.0 Å². The highest BCUT2D eigenvalue weighted by Crippen LogP contribution is 2.53. The van der Waals surface area contributed by atoms with Gasteiger partial charge in [0.05, 0.1) is 36.6 Å². The lowest BCUT2D eigenvalue weighted by Crippen LogP contribution is -2.50. The molecule has 14 nitrogen and oxygen atoms in total. The Bertz CT molecular complexity index is 2540. The van der Waals surface area contributed by atoms with Gasteiger partial charge < -0.3 is 48.9 Å². The standard InChI is InChI=1S/C25H38N2O3.C20H30N2O.C19H25NO3.C6H13NO/c1-18-14-26(15-19(2)29-18)16-25(11-12-25)17-27(23(28)30-24(3,4)5)22-13-21(22)20-9-7-6-8-10-20;1-15-11-22(12-16(2)23-15)14-20(8-9-20)13-21-19-10-18(19)17-6-4-3-5-7-17;1-18(2,3)23-17(22)20(12-19(13-21)9-10-19)16-11-15(16)14-7-5-4-6-8-14;1-5-3-7-4-6(2)8-5/h6-10,18-19,21-22H,11-17H2,1-5H3;3-7,15-16,18-19,21H,8-14H2,1-2H3;4-8,13,15-16H,9-12H2,1-3H3;5-7H,3-4H2,1-2H3/t18-,19+,21-,22?;15-,16+,18-,19?;15-,16?;5-,6+/m111./s1. The van der Waals surface area contributed by atoms with Crippen LogP contribution in [0.25, 0.3) is 0 Å². The van der Waals surface area contributed by atoms with Gasteiger partial charge in [-0.1, -0.05) is 91.0 Å². The van der Waals surface area contributed by atoms with E-state index in [1.54, 1.807) is 4.90 Å². The molecule has 9 aliphatic rings. The third kappa shape index (κ3) is 19.3. The molecular formula is C70H106N6O8. The average Bonchev–Trinajstić information content (AvgIpc) is 2.96. The summed E-state index contributed by atoms with van der Waals surface area (Å²) in [5.74, 6) is 1.53. The third-order valence-corrected chi connectivity index (χ3v) is 18.3. The highest BCUT2D eigenvalue weighted by atomic mass is 16.6. The van der Waals surface area contributed by atoms with Gasteiger partial charge in [0, 0.05) is 119 Å². The summed E-state index contributed by atoms with van der Waals surface area (Å²) in [6.45, 7) is 35.3. The van der Waals surface area contributed by atoms with Crippen LogP contribution >= 0.6 is 0 Å². The lowest BCUT2D eigenvalue weighted by molar-refractivity contribution is -0.112. The van der Waals surface area contributed by atoms with Crippen molar-refractivity contribution in [3.8, 4) is 0 Å². The molecule has 3 aliphatic heterocycles. The molecule has 0 spiro atoms. The summed E-state index contributed by atoms with van der Waals surface area (Å²) in [7, 11) is 0. The number of aldehydes is 1. The van der Waals surface area contributed by atoms with Gasteiger partial charge in [-0.3, -0.25) is 9.80 Å². The molecule has 3 aromatic rings. The van der Waals surface area contributed by atoms with E-state index in [9.17, 15) is 14.4 Å². The lowest BCUT2D eigenvalue weighted by Gasteiger charge is -2.38. The van der Waals surface area contributed by atoms with E-state index in [1.807, 2.05) is 59.7 Å². The first-order valence-electron chi connectivity index (χ1n) is 32.4. The zero-order valence-corrected chi connectivity index (χ0v) is 53.4. The Morgan fingerprint density at radius 3 is 1.29 bits per heavy atom. The molecule has 464 valence electrons. The summed E-state index contributed by atoms with van der Waals surface area (Å²) in [6, 6.07) is 32.9. The number of hydrogen-bond donors (Lipinski definition) is 2. The van der Waals surface area contributed by atoms with Crippen LogP contribution in [-0.4, -0.2) is 176 Å². The Balaban J connectivity index is 0.000000143. The predicted molar refractivity (Wildman–Crippen MR) is 333 cm³/mol. The fourth-order valence-electron chi connectivity index (χ4n) is 13.3. The average molecular weight is 1160 g/mol. The van der Waals surface area contributed by atoms with Crippen LogP contribution < -0.4 is 10.6 Å². The number of nitrogens with zero attached hydrogens (tertiary/aromatic N) is 4. The highest BCUT2D eigenvalue weighted by Gasteiger charge is 2.54. The number of morpholine rings is 3. The van der Waals surface area contributed by atoms with E-state index >= 15 is 0 Å². The van der Waals surface area contributed by atoms with Gasteiger partial charge in [0.25, 0.3) is 0 Å². The molecule has 3 aromatic carbocycles. The van der Waals surface area contributed by atoms with E-state index in [-0.39, 0.29) is 47.3 Å². The monoisotopic (exact) mass is 1160 g/mol. The Labute approximate surface area is 505 Å². The summed E-state index contributed by atoms with van der Waals surface area (Å²) in [6.07, 6.45) is 12.9. The zero-order valence-electron chi connectivity index (χ0n) is 53.4. The summed E-state index contributed by atoms with van der Waals surface area (Å²) >= 11 is 0. The van der Waals surface area contributed by atoms with E-state index < -0.39 is 11.2 Å². The van der Waals surface area contributed by atoms with Crippen LogP contribution in [0.3, 0.4) is 0 Å². The minimum atomic E-state index is -0.523. The van der Waals surface area contributed by atoms with E-state index in [2.05, 4.69) is 140 Å². The highest BCUT2D eigenvalue weighted by molar-refractivity contribution is 5.72.